The summed E-state index contributed by atoms with van der Waals surface area (Å²) in [7, 11) is 0. The average molecular weight is 221 g/mol. The maximum atomic E-state index is 12.9. The van der Waals surface area contributed by atoms with Gasteiger partial charge in [-0.2, -0.15) is 4.68 Å². The zero-order valence-electron chi connectivity index (χ0n) is 8.09. The van der Waals surface area contributed by atoms with Gasteiger partial charge in [-0.15, -0.1) is 5.10 Å². The molecule has 0 unspecified atom stereocenters. The van der Waals surface area contributed by atoms with E-state index < -0.39 is 17.1 Å². The van der Waals surface area contributed by atoms with Gasteiger partial charge in [-0.1, -0.05) is 6.07 Å². The molecule has 3 N–H and O–H groups in total. The zero-order valence-corrected chi connectivity index (χ0v) is 8.09. The number of hydrogen-bond donors (Lipinski definition) is 2. The SMILES string of the molecule is Nc1nn(-c2cccc(F)c2)c(=O)cc1O. The highest BCUT2D eigenvalue weighted by Crippen LogP contribution is 2.14. The molecule has 82 valence electrons. The summed E-state index contributed by atoms with van der Waals surface area (Å²) in [6.07, 6.45) is 0. The standard InChI is InChI=1S/C10H8FN3O2/c11-6-2-1-3-7(4-6)14-9(16)5-8(15)10(12)13-14/h1-5,15H,(H2,12,13). The van der Waals surface area contributed by atoms with E-state index in [1.165, 1.54) is 18.2 Å². The molecule has 0 fully saturated rings. The van der Waals surface area contributed by atoms with Gasteiger partial charge in [0.1, 0.15) is 5.82 Å². The molecular weight excluding hydrogens is 213 g/mol. The van der Waals surface area contributed by atoms with E-state index in [1.807, 2.05) is 0 Å². The van der Waals surface area contributed by atoms with Crippen molar-refractivity contribution < 1.29 is 9.50 Å². The first-order chi connectivity index (χ1) is 7.58. The third-order valence-corrected chi connectivity index (χ3v) is 1.99. The van der Waals surface area contributed by atoms with E-state index in [1.54, 1.807) is 0 Å². The van der Waals surface area contributed by atoms with Crippen LogP contribution >= 0.6 is 0 Å². The van der Waals surface area contributed by atoms with Gasteiger partial charge in [0.25, 0.3) is 5.56 Å². The Morgan fingerprint density at radius 1 is 1.38 bits per heavy atom. The molecule has 0 saturated carbocycles. The van der Waals surface area contributed by atoms with Crippen LogP contribution in [-0.4, -0.2) is 14.9 Å². The van der Waals surface area contributed by atoms with Crippen LogP contribution in [0.1, 0.15) is 0 Å². The molecule has 1 aromatic carbocycles. The van der Waals surface area contributed by atoms with Crippen LogP contribution < -0.4 is 11.3 Å². The molecule has 1 aromatic heterocycles. The normalized spacial score (nSPS) is 10.3. The largest absolute Gasteiger partial charge is 0.504 e. The van der Waals surface area contributed by atoms with E-state index in [4.69, 9.17) is 10.8 Å². The molecule has 0 aliphatic carbocycles. The highest BCUT2D eigenvalue weighted by Gasteiger charge is 2.06. The third kappa shape index (κ3) is 1.72. The molecule has 1 heterocycles. The van der Waals surface area contributed by atoms with Gasteiger partial charge in [-0.05, 0) is 18.2 Å². The van der Waals surface area contributed by atoms with Gasteiger partial charge in [0.15, 0.2) is 11.6 Å². The van der Waals surface area contributed by atoms with E-state index in [0.717, 1.165) is 16.8 Å². The van der Waals surface area contributed by atoms with Crippen molar-refractivity contribution in [3.63, 3.8) is 0 Å². The first kappa shape index (κ1) is 10.2. The second-order valence-corrected chi connectivity index (χ2v) is 3.14. The minimum Gasteiger partial charge on any atom is -0.504 e. The number of nitrogen functional groups attached to an aromatic ring is 1. The highest BCUT2D eigenvalue weighted by atomic mass is 19.1. The van der Waals surface area contributed by atoms with Crippen molar-refractivity contribution in [1.29, 1.82) is 0 Å². The lowest BCUT2D eigenvalue weighted by molar-refractivity contribution is 0.471. The summed E-state index contributed by atoms with van der Waals surface area (Å²) in [5.41, 5.74) is 5.01. The molecule has 5 nitrogen and oxygen atoms in total. The predicted molar refractivity (Wildman–Crippen MR) is 55.9 cm³/mol. The number of rotatable bonds is 1. The molecule has 0 spiro atoms. The molecular formula is C10H8FN3O2. The van der Waals surface area contributed by atoms with Crippen LogP contribution in [0.2, 0.25) is 0 Å². The van der Waals surface area contributed by atoms with Gasteiger partial charge >= 0.3 is 0 Å². The quantitative estimate of drug-likeness (QED) is 0.741. The highest BCUT2D eigenvalue weighted by molar-refractivity contribution is 5.44. The van der Waals surface area contributed by atoms with Crippen molar-refractivity contribution in [3.8, 4) is 11.4 Å². The van der Waals surface area contributed by atoms with Crippen LogP contribution in [0.4, 0.5) is 10.2 Å². The average Bonchev–Trinajstić information content (AvgIpc) is 2.23. The van der Waals surface area contributed by atoms with Crippen LogP contribution in [0.15, 0.2) is 35.1 Å². The number of nitrogens with zero attached hydrogens (tertiary/aromatic N) is 2. The number of anilines is 1. The van der Waals surface area contributed by atoms with Crippen molar-refractivity contribution in [2.24, 2.45) is 0 Å². The number of nitrogens with two attached hydrogens (primary N) is 1. The van der Waals surface area contributed by atoms with Gasteiger partial charge in [0.2, 0.25) is 0 Å². The summed E-state index contributed by atoms with van der Waals surface area (Å²) in [6.45, 7) is 0. The lowest BCUT2D eigenvalue weighted by Gasteiger charge is -2.05. The fourth-order valence-corrected chi connectivity index (χ4v) is 1.25. The summed E-state index contributed by atoms with van der Waals surface area (Å²) < 4.78 is 13.9. The summed E-state index contributed by atoms with van der Waals surface area (Å²) in [5, 5.41) is 12.8. The molecule has 0 bridgehead atoms. The second kappa shape index (κ2) is 3.65. The van der Waals surface area contributed by atoms with Crippen LogP contribution in [0.3, 0.4) is 0 Å². The Balaban J connectivity index is 2.65. The zero-order chi connectivity index (χ0) is 11.7. The molecule has 0 atom stereocenters. The lowest BCUT2D eigenvalue weighted by Crippen LogP contribution is -2.21. The second-order valence-electron chi connectivity index (χ2n) is 3.14. The number of benzene rings is 1. The topological polar surface area (TPSA) is 81.1 Å². The van der Waals surface area contributed by atoms with Gasteiger partial charge in [-0.25, -0.2) is 4.39 Å². The fraction of sp³-hybridized carbons (Fsp3) is 0. The Kier molecular flexibility index (Phi) is 2.32. The van der Waals surface area contributed by atoms with E-state index in [9.17, 15) is 9.18 Å². The van der Waals surface area contributed by atoms with Gasteiger partial charge < -0.3 is 10.8 Å². The smallest absolute Gasteiger partial charge is 0.275 e. The van der Waals surface area contributed by atoms with Crippen LogP contribution in [0, 0.1) is 5.82 Å². The molecule has 0 radical (unpaired) electrons. The van der Waals surface area contributed by atoms with Crippen molar-refractivity contribution in [3.05, 3.63) is 46.5 Å². The Hall–Kier alpha value is -2.37. The summed E-state index contributed by atoms with van der Waals surface area (Å²) in [6, 6.07) is 6.27. The van der Waals surface area contributed by atoms with Crippen LogP contribution in [0.5, 0.6) is 5.75 Å². The lowest BCUT2D eigenvalue weighted by atomic mass is 10.3. The molecule has 0 aliphatic rings. The number of aromatic nitrogens is 2. The number of hydrogen-bond acceptors (Lipinski definition) is 4. The van der Waals surface area contributed by atoms with Gasteiger partial charge in [0, 0.05) is 0 Å². The molecule has 6 heteroatoms. The summed E-state index contributed by atoms with van der Waals surface area (Å²) in [5.74, 6) is -1.07. The minimum absolute atomic E-state index is 0.191. The van der Waals surface area contributed by atoms with Crippen LogP contribution in [-0.2, 0) is 0 Å². The maximum absolute atomic E-state index is 12.9. The van der Waals surface area contributed by atoms with E-state index >= 15 is 0 Å². The molecule has 2 aromatic rings. The molecule has 0 aliphatic heterocycles. The van der Waals surface area contributed by atoms with E-state index in [2.05, 4.69) is 5.10 Å². The van der Waals surface area contributed by atoms with Crippen molar-refractivity contribution >= 4 is 5.82 Å². The van der Waals surface area contributed by atoms with E-state index in [0.29, 0.717) is 0 Å². The van der Waals surface area contributed by atoms with Crippen molar-refractivity contribution in [2.45, 2.75) is 0 Å². The number of halogens is 1. The summed E-state index contributed by atoms with van der Waals surface area (Å²) >= 11 is 0. The number of aromatic hydroxyl groups is 1. The van der Waals surface area contributed by atoms with Gasteiger partial charge in [0.05, 0.1) is 11.8 Å². The Morgan fingerprint density at radius 2 is 2.12 bits per heavy atom. The minimum atomic E-state index is -0.586. The predicted octanol–water partition coefficient (Wildman–Crippen LogP) is 0.659. The van der Waals surface area contributed by atoms with Crippen LogP contribution in [0.25, 0.3) is 5.69 Å². The summed E-state index contributed by atoms with van der Waals surface area (Å²) in [4.78, 5) is 11.5. The molecule has 16 heavy (non-hydrogen) atoms. The molecule has 2 rings (SSSR count). The Morgan fingerprint density at radius 3 is 2.81 bits per heavy atom. The van der Waals surface area contributed by atoms with Crippen molar-refractivity contribution in [2.75, 3.05) is 5.73 Å². The Bertz CT molecular complexity index is 595. The maximum Gasteiger partial charge on any atom is 0.275 e. The van der Waals surface area contributed by atoms with E-state index in [-0.39, 0.29) is 11.5 Å². The monoisotopic (exact) mass is 221 g/mol. The van der Waals surface area contributed by atoms with Gasteiger partial charge in [-0.3, -0.25) is 4.79 Å². The van der Waals surface area contributed by atoms with Crippen molar-refractivity contribution in [1.82, 2.24) is 9.78 Å². The Labute approximate surface area is 89.6 Å². The third-order valence-electron chi connectivity index (χ3n) is 1.99. The first-order valence-corrected chi connectivity index (χ1v) is 4.42. The molecule has 0 amide bonds. The molecule has 0 saturated heterocycles. The first-order valence-electron chi connectivity index (χ1n) is 4.42. The fourth-order valence-electron chi connectivity index (χ4n) is 1.25.